The highest BCUT2D eigenvalue weighted by atomic mass is 79.9. The summed E-state index contributed by atoms with van der Waals surface area (Å²) in [5, 5.41) is 4.84. The Morgan fingerprint density at radius 1 is 0.842 bits per heavy atom. The molecule has 0 spiro atoms. The van der Waals surface area contributed by atoms with Crippen molar-refractivity contribution in [2.45, 2.75) is 10.6 Å². The number of aromatic nitrogens is 1. The molecule has 0 atom stereocenters. The molecule has 5 rings (SSSR count). The zero-order valence-electron chi connectivity index (χ0n) is 19.8. The highest BCUT2D eigenvalue weighted by Crippen LogP contribution is 2.38. The molecule has 9 heteroatoms. The predicted octanol–water partition coefficient (Wildman–Crippen LogP) is 8.12. The van der Waals surface area contributed by atoms with Gasteiger partial charge in [-0.05, 0) is 54.1 Å². The van der Waals surface area contributed by atoms with Crippen molar-refractivity contribution in [2.75, 3.05) is 5.32 Å². The number of rotatable bonds is 7. The van der Waals surface area contributed by atoms with Crippen molar-refractivity contribution in [1.82, 2.24) is 4.98 Å². The molecule has 0 radical (unpaired) electrons. The first kappa shape index (κ1) is 26.3. The Morgan fingerprint density at radius 2 is 1.50 bits per heavy atom. The van der Waals surface area contributed by atoms with Crippen LogP contribution in [-0.4, -0.2) is 19.3 Å². The normalized spacial score (nSPS) is 11.3. The second-order valence-corrected chi connectivity index (χ2v) is 12.8. The van der Waals surface area contributed by atoms with E-state index < -0.39 is 9.84 Å². The molecule has 0 saturated heterocycles. The molecule has 0 aliphatic rings. The summed E-state index contributed by atoms with van der Waals surface area (Å²) >= 11 is 10.6. The van der Waals surface area contributed by atoms with Crippen LogP contribution in [0.5, 0.6) is 0 Å². The lowest BCUT2D eigenvalue weighted by molar-refractivity contribution is 0.102. The van der Waals surface area contributed by atoms with Gasteiger partial charge in [-0.2, -0.15) is 0 Å². The highest BCUT2D eigenvalue weighted by Gasteiger charge is 2.19. The molecule has 5 nitrogen and oxygen atoms in total. The zero-order valence-corrected chi connectivity index (χ0v) is 23.7. The summed E-state index contributed by atoms with van der Waals surface area (Å²) in [6.07, 6.45) is 0. The Morgan fingerprint density at radius 3 is 2.16 bits per heavy atom. The third-order valence-electron chi connectivity index (χ3n) is 5.74. The number of nitrogens with one attached hydrogen (secondary N) is 1. The highest BCUT2D eigenvalue weighted by molar-refractivity contribution is 9.10. The fourth-order valence-electron chi connectivity index (χ4n) is 3.78. The zero-order chi connectivity index (χ0) is 26.7. The molecule has 4 aromatic carbocycles. The first-order valence-electron chi connectivity index (χ1n) is 11.5. The van der Waals surface area contributed by atoms with Crippen molar-refractivity contribution in [1.29, 1.82) is 0 Å². The van der Waals surface area contributed by atoms with Gasteiger partial charge in [0.2, 0.25) is 0 Å². The number of hydrogen-bond acceptors (Lipinski definition) is 5. The van der Waals surface area contributed by atoms with Gasteiger partial charge in [-0.3, -0.25) is 4.79 Å². The molecule has 190 valence electrons. The van der Waals surface area contributed by atoms with E-state index in [2.05, 4.69) is 21.2 Å². The maximum Gasteiger partial charge on any atom is 0.256 e. The van der Waals surface area contributed by atoms with E-state index in [9.17, 15) is 13.2 Å². The molecule has 1 amide bonds. The monoisotopic (exact) mass is 622 g/mol. The van der Waals surface area contributed by atoms with Gasteiger partial charge in [0.15, 0.2) is 9.84 Å². The summed E-state index contributed by atoms with van der Waals surface area (Å²) in [4.78, 5) is 18.0. The SMILES string of the molecule is O=C(Nc1sc(-c2ccc(CS(=O)(=O)c3ccc(Cl)cc3)cc2)nc1-c1ccccc1)c1ccc(Br)cc1. The summed E-state index contributed by atoms with van der Waals surface area (Å²) < 4.78 is 26.5. The van der Waals surface area contributed by atoms with Crippen molar-refractivity contribution in [3.63, 3.8) is 0 Å². The third kappa shape index (κ3) is 6.05. The molecule has 1 N–H and O–H groups in total. The van der Waals surface area contributed by atoms with Crippen LogP contribution in [0.4, 0.5) is 5.00 Å². The van der Waals surface area contributed by atoms with E-state index in [0.29, 0.717) is 31.9 Å². The number of carbonyl (C=O) groups is 1. The van der Waals surface area contributed by atoms with Gasteiger partial charge in [-0.25, -0.2) is 13.4 Å². The van der Waals surface area contributed by atoms with Gasteiger partial charge in [0.25, 0.3) is 5.91 Å². The molecule has 0 saturated carbocycles. The van der Waals surface area contributed by atoms with Crippen LogP contribution < -0.4 is 5.32 Å². The smallest absolute Gasteiger partial charge is 0.256 e. The lowest BCUT2D eigenvalue weighted by atomic mass is 10.1. The lowest BCUT2D eigenvalue weighted by Crippen LogP contribution is -2.11. The number of halogens is 2. The number of benzene rings is 4. The molecule has 0 unspecified atom stereocenters. The van der Waals surface area contributed by atoms with Crippen LogP contribution in [-0.2, 0) is 15.6 Å². The third-order valence-corrected chi connectivity index (χ3v) is 9.24. The number of hydrogen-bond donors (Lipinski definition) is 1. The van der Waals surface area contributed by atoms with E-state index >= 15 is 0 Å². The van der Waals surface area contributed by atoms with Gasteiger partial charge >= 0.3 is 0 Å². The number of nitrogens with zero attached hydrogens (tertiary/aromatic N) is 1. The Labute approximate surface area is 238 Å². The van der Waals surface area contributed by atoms with Crippen LogP contribution in [0.15, 0.2) is 112 Å². The molecule has 5 aromatic rings. The van der Waals surface area contributed by atoms with Crippen LogP contribution in [0, 0.1) is 0 Å². The molecule has 1 heterocycles. The quantitative estimate of drug-likeness (QED) is 0.199. The maximum absolute atomic E-state index is 13.0. The van der Waals surface area contributed by atoms with E-state index in [1.165, 1.54) is 23.5 Å². The van der Waals surface area contributed by atoms with Crippen molar-refractivity contribution < 1.29 is 13.2 Å². The van der Waals surface area contributed by atoms with Crippen LogP contribution in [0.1, 0.15) is 15.9 Å². The fraction of sp³-hybridized carbons (Fsp3) is 0.0345. The van der Waals surface area contributed by atoms with Gasteiger partial charge in [-0.1, -0.05) is 93.5 Å². The van der Waals surface area contributed by atoms with Crippen LogP contribution >= 0.6 is 38.9 Å². The van der Waals surface area contributed by atoms with E-state index in [-0.39, 0.29) is 16.6 Å². The minimum atomic E-state index is -3.51. The Balaban J connectivity index is 1.42. The van der Waals surface area contributed by atoms with Gasteiger partial charge in [0, 0.05) is 26.2 Å². The molecule has 0 fully saturated rings. The number of carbonyl (C=O) groups excluding carboxylic acids is 1. The molecule has 38 heavy (non-hydrogen) atoms. The number of amides is 1. The van der Waals surface area contributed by atoms with E-state index in [0.717, 1.165) is 15.6 Å². The summed E-state index contributed by atoms with van der Waals surface area (Å²) in [5.41, 5.74) is 3.57. The predicted molar refractivity (Wildman–Crippen MR) is 157 cm³/mol. The van der Waals surface area contributed by atoms with Crippen molar-refractivity contribution in [3.8, 4) is 21.8 Å². The summed E-state index contributed by atoms with van der Waals surface area (Å²) in [5.74, 6) is -0.357. The van der Waals surface area contributed by atoms with Crippen molar-refractivity contribution in [3.05, 3.63) is 124 Å². The van der Waals surface area contributed by atoms with Crippen LogP contribution in [0.3, 0.4) is 0 Å². The van der Waals surface area contributed by atoms with E-state index in [1.54, 1.807) is 36.4 Å². The molecule has 1 aromatic heterocycles. The molecular weight excluding hydrogens is 604 g/mol. The largest absolute Gasteiger partial charge is 0.312 e. The standard InChI is InChI=1S/C29H20BrClN2O3S2/c30-23-12-10-21(11-13-23)27(34)33-29-26(20-4-2-1-3-5-20)32-28(37-29)22-8-6-19(7-9-22)18-38(35,36)25-16-14-24(31)15-17-25/h1-17H,18H2,(H,33,34). The molecular formula is C29H20BrClN2O3S2. The van der Waals surface area contributed by atoms with Crippen LogP contribution in [0.25, 0.3) is 21.8 Å². The Hall–Kier alpha value is -3.30. The maximum atomic E-state index is 13.0. The van der Waals surface area contributed by atoms with Crippen molar-refractivity contribution >= 4 is 59.6 Å². The number of thiazole rings is 1. The van der Waals surface area contributed by atoms with Crippen LogP contribution in [0.2, 0.25) is 5.02 Å². The second-order valence-electron chi connectivity index (χ2n) is 8.43. The van der Waals surface area contributed by atoms with E-state index in [4.69, 9.17) is 16.6 Å². The van der Waals surface area contributed by atoms with Gasteiger partial charge in [0.05, 0.1) is 10.6 Å². The Kier molecular flexibility index (Phi) is 7.76. The molecule has 0 bridgehead atoms. The van der Waals surface area contributed by atoms with Gasteiger partial charge in [-0.15, -0.1) is 0 Å². The Bertz CT molecular complexity index is 1690. The fourth-order valence-corrected chi connectivity index (χ4v) is 6.51. The summed E-state index contributed by atoms with van der Waals surface area (Å²) in [6, 6.07) is 30.2. The van der Waals surface area contributed by atoms with Crippen molar-refractivity contribution in [2.24, 2.45) is 0 Å². The summed E-state index contributed by atoms with van der Waals surface area (Å²) in [6.45, 7) is 0. The average Bonchev–Trinajstić information content (AvgIpc) is 3.33. The first-order valence-corrected chi connectivity index (χ1v) is 15.1. The number of anilines is 1. The number of sulfone groups is 1. The molecule has 0 aliphatic carbocycles. The minimum Gasteiger partial charge on any atom is -0.312 e. The average molecular weight is 624 g/mol. The first-order chi connectivity index (χ1) is 18.3. The second kappa shape index (κ2) is 11.2. The minimum absolute atomic E-state index is 0.128. The van der Waals surface area contributed by atoms with Gasteiger partial charge in [0.1, 0.15) is 15.7 Å². The molecule has 0 aliphatic heterocycles. The summed E-state index contributed by atoms with van der Waals surface area (Å²) in [7, 11) is -3.51. The lowest BCUT2D eigenvalue weighted by Gasteiger charge is -2.06. The van der Waals surface area contributed by atoms with E-state index in [1.807, 2.05) is 54.6 Å². The van der Waals surface area contributed by atoms with Gasteiger partial charge < -0.3 is 5.32 Å². The topological polar surface area (TPSA) is 76.1 Å².